The molecule has 3 heterocycles. The molecule has 0 atom stereocenters. The quantitative estimate of drug-likeness (QED) is 0.447. The van der Waals surface area contributed by atoms with E-state index in [2.05, 4.69) is 25.4 Å². The molecule has 0 aliphatic carbocycles. The summed E-state index contributed by atoms with van der Waals surface area (Å²) in [5.74, 6) is -2.97. The third kappa shape index (κ3) is 4.97. The number of rotatable bonds is 7. The topological polar surface area (TPSA) is 106 Å². The highest BCUT2D eigenvalue weighted by Crippen LogP contribution is 2.21. The lowest BCUT2D eigenvalue weighted by molar-refractivity contribution is -0.116. The number of thioether (sulfide) groups is 1. The first-order valence-electron chi connectivity index (χ1n) is 8.92. The Balaban J connectivity index is 1.66. The first-order valence-corrected chi connectivity index (χ1v) is 9.80. The molecule has 2 N–H and O–H groups in total. The minimum absolute atomic E-state index is 0.0379. The Labute approximate surface area is 169 Å². The molecule has 154 valence electrons. The van der Waals surface area contributed by atoms with Gasteiger partial charge in [0.2, 0.25) is 5.91 Å². The van der Waals surface area contributed by atoms with Gasteiger partial charge in [-0.25, -0.2) is 14.6 Å². The fraction of sp³-hybridized carbons (Fsp3) is 0.389. The van der Waals surface area contributed by atoms with Gasteiger partial charge in [0.15, 0.2) is 10.8 Å². The highest BCUT2D eigenvalue weighted by molar-refractivity contribution is 7.99. The summed E-state index contributed by atoms with van der Waals surface area (Å²) in [5.41, 5.74) is 1.36. The summed E-state index contributed by atoms with van der Waals surface area (Å²) in [6, 6.07) is 1.95. The molecule has 1 amide bonds. The molecule has 0 saturated heterocycles. The summed E-state index contributed by atoms with van der Waals surface area (Å²) < 4.78 is 26.6. The maximum absolute atomic E-state index is 12.4. The molecule has 0 aliphatic rings. The van der Waals surface area contributed by atoms with E-state index in [1.807, 2.05) is 13.8 Å². The van der Waals surface area contributed by atoms with Gasteiger partial charge < -0.3 is 10.3 Å². The number of aryl methyl sites for hydroxylation is 1. The van der Waals surface area contributed by atoms with Crippen molar-refractivity contribution in [2.45, 2.75) is 50.6 Å². The minimum atomic E-state index is -2.67. The standard InChI is InChI=1S/C18H20F2N6O2S/c1-9(2)26-15-11(7-22-26)6-12(8-21-15)24-14(27)5-4-13-10(3)23-18(25-16(13)28)29-17(19)20/h6-9,17H,4-5H2,1-3H3,(H,24,27)(H,23,25,28). The second-order valence-corrected chi connectivity index (χ2v) is 7.66. The van der Waals surface area contributed by atoms with Crippen LogP contribution in [-0.2, 0) is 11.2 Å². The van der Waals surface area contributed by atoms with E-state index in [4.69, 9.17) is 0 Å². The number of alkyl halides is 2. The lowest BCUT2D eigenvalue weighted by Gasteiger charge is -2.09. The summed E-state index contributed by atoms with van der Waals surface area (Å²) in [6.07, 6.45) is 3.42. The fourth-order valence-electron chi connectivity index (χ4n) is 2.87. The van der Waals surface area contributed by atoms with E-state index in [9.17, 15) is 18.4 Å². The van der Waals surface area contributed by atoms with Crippen molar-refractivity contribution in [2.24, 2.45) is 0 Å². The predicted octanol–water partition coefficient (Wildman–Crippen LogP) is 3.29. The van der Waals surface area contributed by atoms with E-state index in [1.54, 1.807) is 30.1 Å². The van der Waals surface area contributed by atoms with Crippen LogP contribution >= 0.6 is 11.8 Å². The highest BCUT2D eigenvalue weighted by atomic mass is 32.2. The van der Waals surface area contributed by atoms with E-state index in [0.717, 1.165) is 11.0 Å². The predicted molar refractivity (Wildman–Crippen MR) is 106 cm³/mol. The Kier molecular flexibility index (Phi) is 6.26. The van der Waals surface area contributed by atoms with Crippen molar-refractivity contribution < 1.29 is 13.6 Å². The number of halogens is 2. The number of hydrogen-bond donors (Lipinski definition) is 2. The van der Waals surface area contributed by atoms with Crippen LogP contribution in [0.4, 0.5) is 14.5 Å². The SMILES string of the molecule is Cc1nc(SC(F)F)[nH]c(=O)c1CCC(=O)Nc1cnc2c(cnn2C(C)C)c1. The summed E-state index contributed by atoms with van der Waals surface area (Å²) in [6.45, 7) is 5.56. The van der Waals surface area contributed by atoms with Gasteiger partial charge in [0.25, 0.3) is 11.3 Å². The maximum Gasteiger partial charge on any atom is 0.291 e. The fourth-order valence-corrected chi connectivity index (χ4v) is 3.38. The lowest BCUT2D eigenvalue weighted by atomic mass is 10.1. The Bertz CT molecular complexity index is 1100. The van der Waals surface area contributed by atoms with Crippen molar-refractivity contribution in [3.8, 4) is 0 Å². The molecule has 0 saturated carbocycles. The number of H-pyrrole nitrogens is 1. The smallest absolute Gasteiger partial charge is 0.291 e. The summed E-state index contributed by atoms with van der Waals surface area (Å²) in [4.78, 5) is 35.0. The van der Waals surface area contributed by atoms with Crippen molar-refractivity contribution in [3.63, 3.8) is 0 Å². The number of fused-ring (bicyclic) bond motifs is 1. The normalized spacial score (nSPS) is 11.6. The number of hydrogen-bond acceptors (Lipinski definition) is 6. The third-order valence-corrected chi connectivity index (χ3v) is 4.80. The van der Waals surface area contributed by atoms with Gasteiger partial charge >= 0.3 is 0 Å². The minimum Gasteiger partial charge on any atom is -0.325 e. The van der Waals surface area contributed by atoms with E-state index in [1.165, 1.54) is 0 Å². The Hall–Kier alpha value is -2.82. The van der Waals surface area contributed by atoms with Crippen molar-refractivity contribution in [2.75, 3.05) is 5.32 Å². The van der Waals surface area contributed by atoms with Crippen molar-refractivity contribution in [3.05, 3.63) is 40.1 Å². The van der Waals surface area contributed by atoms with Crippen LogP contribution in [0, 0.1) is 6.92 Å². The number of anilines is 1. The van der Waals surface area contributed by atoms with E-state index >= 15 is 0 Å². The largest absolute Gasteiger partial charge is 0.325 e. The molecule has 0 unspecified atom stereocenters. The van der Waals surface area contributed by atoms with Gasteiger partial charge in [-0.1, -0.05) is 0 Å². The number of carbonyl (C=O) groups excluding carboxylic acids is 1. The zero-order valence-corrected chi connectivity index (χ0v) is 16.9. The van der Waals surface area contributed by atoms with E-state index < -0.39 is 11.3 Å². The molecule has 8 nitrogen and oxygen atoms in total. The van der Waals surface area contributed by atoms with Gasteiger partial charge in [-0.15, -0.1) is 0 Å². The van der Waals surface area contributed by atoms with Crippen LogP contribution in [0.5, 0.6) is 0 Å². The molecule has 0 aliphatic heterocycles. The third-order valence-electron chi connectivity index (χ3n) is 4.21. The van der Waals surface area contributed by atoms with Crippen molar-refractivity contribution >= 4 is 34.4 Å². The molecule has 3 aromatic heterocycles. The van der Waals surface area contributed by atoms with Gasteiger partial charge in [-0.2, -0.15) is 13.9 Å². The molecular formula is C18H20F2N6O2S. The van der Waals surface area contributed by atoms with Crippen LogP contribution in [0.3, 0.4) is 0 Å². The Morgan fingerprint density at radius 2 is 2.10 bits per heavy atom. The number of nitrogens with zero attached hydrogens (tertiary/aromatic N) is 4. The van der Waals surface area contributed by atoms with Crippen LogP contribution in [0.2, 0.25) is 0 Å². The first-order chi connectivity index (χ1) is 13.7. The monoisotopic (exact) mass is 422 g/mol. The zero-order chi connectivity index (χ0) is 21.1. The summed E-state index contributed by atoms with van der Waals surface area (Å²) >= 11 is 0.173. The number of aromatic nitrogens is 5. The maximum atomic E-state index is 12.4. The Morgan fingerprint density at radius 1 is 1.34 bits per heavy atom. The summed E-state index contributed by atoms with van der Waals surface area (Å²) in [7, 11) is 0. The average molecular weight is 422 g/mol. The molecule has 3 rings (SSSR count). The van der Waals surface area contributed by atoms with Gasteiger partial charge in [-0.3, -0.25) is 9.59 Å². The van der Waals surface area contributed by atoms with Gasteiger partial charge in [0, 0.05) is 29.1 Å². The molecular weight excluding hydrogens is 402 g/mol. The highest BCUT2D eigenvalue weighted by Gasteiger charge is 2.14. The molecule has 0 fully saturated rings. The number of nitrogens with one attached hydrogen (secondary N) is 2. The number of amides is 1. The van der Waals surface area contributed by atoms with Crippen molar-refractivity contribution in [1.82, 2.24) is 24.7 Å². The van der Waals surface area contributed by atoms with Crippen molar-refractivity contribution in [1.29, 1.82) is 0 Å². The number of carbonyl (C=O) groups is 1. The second-order valence-electron chi connectivity index (χ2n) is 6.68. The molecule has 0 radical (unpaired) electrons. The Morgan fingerprint density at radius 3 is 2.76 bits per heavy atom. The van der Waals surface area contributed by atoms with Gasteiger partial charge in [0.05, 0.1) is 18.1 Å². The van der Waals surface area contributed by atoms with E-state index in [-0.39, 0.29) is 41.7 Å². The molecule has 3 aromatic rings. The summed E-state index contributed by atoms with van der Waals surface area (Å²) in [5, 5.41) is 7.69. The second kappa shape index (κ2) is 8.68. The van der Waals surface area contributed by atoms with Crippen LogP contribution in [0.15, 0.2) is 28.4 Å². The van der Waals surface area contributed by atoms with Gasteiger partial charge in [-0.05, 0) is 45.0 Å². The molecule has 0 bridgehead atoms. The molecule has 0 aromatic carbocycles. The van der Waals surface area contributed by atoms with Crippen LogP contribution in [0.25, 0.3) is 11.0 Å². The molecule has 0 spiro atoms. The van der Waals surface area contributed by atoms with E-state index in [0.29, 0.717) is 16.9 Å². The average Bonchev–Trinajstić information content (AvgIpc) is 3.03. The van der Waals surface area contributed by atoms with Crippen LogP contribution in [0.1, 0.15) is 37.6 Å². The molecule has 11 heteroatoms. The van der Waals surface area contributed by atoms with Gasteiger partial charge in [0.1, 0.15) is 0 Å². The lowest BCUT2D eigenvalue weighted by Crippen LogP contribution is -2.20. The number of aromatic amines is 1. The first kappa shape index (κ1) is 20.9. The molecule has 29 heavy (non-hydrogen) atoms. The van der Waals surface area contributed by atoms with Crippen LogP contribution in [-0.4, -0.2) is 36.4 Å². The van der Waals surface area contributed by atoms with Crippen LogP contribution < -0.4 is 10.9 Å². The number of pyridine rings is 1. The zero-order valence-electron chi connectivity index (χ0n) is 16.1.